The number of aromatic nitrogens is 2. The zero-order valence-electron chi connectivity index (χ0n) is 16.3. The van der Waals surface area contributed by atoms with Gasteiger partial charge in [0.05, 0.1) is 0 Å². The highest BCUT2D eigenvalue weighted by Gasteiger charge is 2.19. The maximum absolute atomic E-state index is 5.03. The van der Waals surface area contributed by atoms with Crippen LogP contribution in [0.2, 0.25) is 0 Å². The number of piperazine rings is 1. The van der Waals surface area contributed by atoms with E-state index in [1.54, 1.807) is 0 Å². The molecular formula is C18H36N4O. The maximum atomic E-state index is 5.03. The highest BCUT2D eigenvalue weighted by Crippen LogP contribution is 2.15. The molecule has 2 rings (SSSR count). The minimum absolute atomic E-state index is 0.329. The van der Waals surface area contributed by atoms with Gasteiger partial charge in [-0.1, -0.05) is 32.9 Å². The monoisotopic (exact) mass is 324 g/mol. The topological polar surface area (TPSA) is 45.4 Å². The van der Waals surface area contributed by atoms with E-state index in [0.717, 1.165) is 23.8 Å². The molecule has 1 saturated heterocycles. The van der Waals surface area contributed by atoms with E-state index in [4.69, 9.17) is 4.52 Å². The number of hydrogen-bond donors (Lipinski definition) is 0. The molecule has 0 amide bonds. The summed E-state index contributed by atoms with van der Waals surface area (Å²) in [7, 11) is 0. The molecular weight excluding hydrogens is 288 g/mol. The molecule has 1 aromatic heterocycles. The van der Waals surface area contributed by atoms with Crippen LogP contribution in [-0.2, 0) is 0 Å². The fourth-order valence-electron chi connectivity index (χ4n) is 2.49. The summed E-state index contributed by atoms with van der Waals surface area (Å²) in [5, 5.41) is 3.85. The van der Waals surface area contributed by atoms with E-state index in [1.165, 1.54) is 26.2 Å². The molecule has 1 aromatic rings. The van der Waals surface area contributed by atoms with Crippen molar-refractivity contribution in [3.05, 3.63) is 11.7 Å². The Morgan fingerprint density at radius 1 is 0.739 bits per heavy atom. The number of nitrogens with zero attached hydrogens (tertiary/aromatic N) is 4. The van der Waals surface area contributed by atoms with Gasteiger partial charge in [0.2, 0.25) is 5.89 Å². The lowest BCUT2D eigenvalue weighted by Crippen LogP contribution is -2.50. The van der Waals surface area contributed by atoms with Crippen LogP contribution in [0, 0.1) is 0 Å². The lowest BCUT2D eigenvalue weighted by atomic mass is 10.2. The largest absolute Gasteiger partial charge is 0.339 e. The summed E-state index contributed by atoms with van der Waals surface area (Å²) in [6.07, 6.45) is 0. The zero-order chi connectivity index (χ0) is 17.6. The first-order chi connectivity index (χ1) is 10.7. The molecule has 1 fully saturated rings. The van der Waals surface area contributed by atoms with Gasteiger partial charge < -0.3 is 4.52 Å². The van der Waals surface area contributed by atoms with Crippen LogP contribution in [0.3, 0.4) is 0 Å². The molecule has 0 radical (unpaired) electrons. The van der Waals surface area contributed by atoms with Crippen molar-refractivity contribution >= 4 is 0 Å². The molecule has 5 nitrogen and oxygen atoms in total. The Bertz CT molecular complexity index is 393. The van der Waals surface area contributed by atoms with E-state index in [0.29, 0.717) is 11.8 Å². The van der Waals surface area contributed by atoms with Crippen molar-refractivity contribution in [1.29, 1.82) is 0 Å². The predicted molar refractivity (Wildman–Crippen MR) is 95.9 cm³/mol. The summed E-state index contributed by atoms with van der Waals surface area (Å²) in [6.45, 7) is 22.3. The van der Waals surface area contributed by atoms with Gasteiger partial charge in [0.25, 0.3) is 0 Å². The van der Waals surface area contributed by atoms with E-state index in [1.807, 2.05) is 13.8 Å². The van der Waals surface area contributed by atoms with Crippen molar-refractivity contribution in [3.63, 3.8) is 0 Å². The molecule has 23 heavy (non-hydrogen) atoms. The molecule has 0 bridgehead atoms. The molecule has 2 heterocycles. The standard InChI is InChI=1S/C10H22N2.C8H14N2O/c1-9(2)11-5-7-12(8-6-11)10(3)4;1-5(2)7-9-8(6(3)4)11-10-7/h9-10H,5-8H2,1-4H3;5-6H,1-4H3. The molecule has 0 saturated carbocycles. The summed E-state index contributed by atoms with van der Waals surface area (Å²) in [5.74, 6) is 2.21. The first-order valence-corrected chi connectivity index (χ1v) is 9.03. The first kappa shape index (κ1) is 20.1. The summed E-state index contributed by atoms with van der Waals surface area (Å²) in [4.78, 5) is 9.34. The van der Waals surface area contributed by atoms with Gasteiger partial charge >= 0.3 is 0 Å². The summed E-state index contributed by atoms with van der Waals surface area (Å²) < 4.78 is 5.03. The van der Waals surface area contributed by atoms with Crippen LogP contribution in [0.15, 0.2) is 4.52 Å². The van der Waals surface area contributed by atoms with Crippen molar-refractivity contribution in [3.8, 4) is 0 Å². The average molecular weight is 325 g/mol. The summed E-state index contributed by atoms with van der Waals surface area (Å²) in [5.41, 5.74) is 0. The van der Waals surface area contributed by atoms with Crippen molar-refractivity contribution in [2.75, 3.05) is 26.2 Å². The third-order valence-electron chi connectivity index (χ3n) is 4.28. The molecule has 5 heteroatoms. The van der Waals surface area contributed by atoms with Crippen LogP contribution in [0.5, 0.6) is 0 Å². The number of rotatable bonds is 4. The van der Waals surface area contributed by atoms with Gasteiger partial charge in [-0.25, -0.2) is 0 Å². The molecule has 1 aliphatic heterocycles. The van der Waals surface area contributed by atoms with Crippen LogP contribution in [0.25, 0.3) is 0 Å². The predicted octanol–water partition coefficient (Wildman–Crippen LogP) is 3.74. The Kier molecular flexibility index (Phi) is 8.20. The molecule has 0 aliphatic carbocycles. The van der Waals surface area contributed by atoms with Gasteiger partial charge in [0, 0.05) is 50.1 Å². The van der Waals surface area contributed by atoms with Crippen LogP contribution >= 0.6 is 0 Å². The highest BCUT2D eigenvalue weighted by molar-refractivity contribution is 4.94. The lowest BCUT2D eigenvalue weighted by Gasteiger charge is -2.38. The van der Waals surface area contributed by atoms with E-state index in [9.17, 15) is 0 Å². The number of hydrogen-bond acceptors (Lipinski definition) is 5. The SMILES string of the molecule is CC(C)N1CCN(C(C)C)CC1.CC(C)c1noc(C(C)C)n1. The normalized spacial score (nSPS) is 17.2. The second kappa shape index (κ2) is 9.38. The van der Waals surface area contributed by atoms with Gasteiger partial charge in [0.15, 0.2) is 5.82 Å². The smallest absolute Gasteiger partial charge is 0.229 e. The molecule has 1 aliphatic rings. The third-order valence-corrected chi connectivity index (χ3v) is 4.28. The highest BCUT2D eigenvalue weighted by atomic mass is 16.5. The Labute approximate surface area is 142 Å². The van der Waals surface area contributed by atoms with Gasteiger partial charge in [-0.2, -0.15) is 4.98 Å². The van der Waals surface area contributed by atoms with E-state index >= 15 is 0 Å². The van der Waals surface area contributed by atoms with Crippen LogP contribution in [0.1, 0.15) is 78.9 Å². The molecule has 0 atom stereocenters. The van der Waals surface area contributed by atoms with Crippen LogP contribution < -0.4 is 0 Å². The third kappa shape index (κ3) is 6.60. The molecule has 134 valence electrons. The maximum Gasteiger partial charge on any atom is 0.229 e. The van der Waals surface area contributed by atoms with Gasteiger partial charge in [-0.05, 0) is 27.7 Å². The van der Waals surface area contributed by atoms with Crippen molar-refractivity contribution in [2.45, 2.75) is 79.3 Å². The second-order valence-electron chi connectivity index (χ2n) is 7.56. The van der Waals surface area contributed by atoms with E-state index < -0.39 is 0 Å². The molecule has 0 unspecified atom stereocenters. The molecule has 0 N–H and O–H groups in total. The Hall–Kier alpha value is -0.940. The second-order valence-corrected chi connectivity index (χ2v) is 7.56. The van der Waals surface area contributed by atoms with Crippen LogP contribution in [-0.4, -0.2) is 58.2 Å². The van der Waals surface area contributed by atoms with Crippen LogP contribution in [0.4, 0.5) is 0 Å². The summed E-state index contributed by atoms with van der Waals surface area (Å²) >= 11 is 0. The minimum atomic E-state index is 0.329. The minimum Gasteiger partial charge on any atom is -0.339 e. The lowest BCUT2D eigenvalue weighted by molar-refractivity contribution is 0.0887. The Morgan fingerprint density at radius 2 is 1.17 bits per heavy atom. The molecule has 0 aromatic carbocycles. The van der Waals surface area contributed by atoms with Gasteiger partial charge in [-0.3, -0.25) is 9.80 Å². The van der Waals surface area contributed by atoms with Gasteiger partial charge in [0.1, 0.15) is 0 Å². The summed E-state index contributed by atoms with van der Waals surface area (Å²) in [6, 6.07) is 1.44. The fraction of sp³-hybridized carbons (Fsp3) is 0.889. The van der Waals surface area contributed by atoms with E-state index in [-0.39, 0.29) is 0 Å². The first-order valence-electron chi connectivity index (χ1n) is 9.03. The molecule has 0 spiro atoms. The van der Waals surface area contributed by atoms with Crippen molar-refractivity contribution in [2.24, 2.45) is 0 Å². The average Bonchev–Trinajstić information content (AvgIpc) is 2.98. The Balaban J connectivity index is 0.000000231. The quantitative estimate of drug-likeness (QED) is 0.844. The Morgan fingerprint density at radius 3 is 1.39 bits per heavy atom. The van der Waals surface area contributed by atoms with E-state index in [2.05, 4.69) is 61.5 Å². The van der Waals surface area contributed by atoms with Crippen molar-refractivity contribution in [1.82, 2.24) is 19.9 Å². The fourth-order valence-corrected chi connectivity index (χ4v) is 2.49. The van der Waals surface area contributed by atoms with Gasteiger partial charge in [-0.15, -0.1) is 0 Å². The zero-order valence-corrected chi connectivity index (χ0v) is 16.3. The van der Waals surface area contributed by atoms with Crippen molar-refractivity contribution < 1.29 is 4.52 Å².